The van der Waals surface area contributed by atoms with Crippen LogP contribution in [0, 0.1) is 5.82 Å². The average Bonchev–Trinajstić information content (AvgIpc) is 3.27. The highest BCUT2D eigenvalue weighted by Gasteiger charge is 2.17. The van der Waals surface area contributed by atoms with E-state index < -0.39 is 31.6 Å². The van der Waals surface area contributed by atoms with Gasteiger partial charge in [-0.1, -0.05) is 11.2 Å². The fourth-order valence-electron chi connectivity index (χ4n) is 2.94. The van der Waals surface area contributed by atoms with E-state index in [4.69, 9.17) is 4.42 Å². The second-order valence-electron chi connectivity index (χ2n) is 7.30. The Kier molecular flexibility index (Phi) is 6.37. The smallest absolute Gasteiger partial charge is 0.322 e. The van der Waals surface area contributed by atoms with Crippen LogP contribution < -0.4 is 10.0 Å². The number of anilines is 2. The maximum absolute atomic E-state index is 13.0. The third-order valence-electron chi connectivity index (χ3n) is 4.68. The minimum Gasteiger partial charge on any atom is -0.403 e. The number of halogens is 1. The van der Waals surface area contributed by atoms with Crippen molar-refractivity contribution in [3.05, 3.63) is 84.2 Å². The van der Waals surface area contributed by atoms with Gasteiger partial charge in [0.15, 0.2) is 9.84 Å². The highest BCUT2D eigenvalue weighted by atomic mass is 32.2. The molecule has 3 aromatic carbocycles. The van der Waals surface area contributed by atoms with Crippen LogP contribution >= 0.6 is 0 Å². The number of sulfonamides is 1. The molecule has 0 saturated heterocycles. The maximum Gasteiger partial charge on any atom is 0.322 e. The van der Waals surface area contributed by atoms with Crippen LogP contribution in [-0.2, 0) is 19.9 Å². The Bertz CT molecular complexity index is 1600. The molecular formula is C22H17FN4O6S2. The number of rotatable bonds is 7. The Balaban J connectivity index is 1.44. The van der Waals surface area contributed by atoms with Crippen LogP contribution in [-0.4, -0.2) is 39.2 Å². The van der Waals surface area contributed by atoms with E-state index in [1.54, 1.807) is 6.07 Å². The summed E-state index contributed by atoms with van der Waals surface area (Å²) in [6.07, 6.45) is 1.07. The molecule has 4 rings (SSSR count). The van der Waals surface area contributed by atoms with Crippen molar-refractivity contribution in [2.24, 2.45) is 0 Å². The first-order valence-electron chi connectivity index (χ1n) is 9.85. The Morgan fingerprint density at radius 2 is 1.57 bits per heavy atom. The van der Waals surface area contributed by atoms with Gasteiger partial charge in [0, 0.05) is 23.1 Å². The standard InChI is InChI=1S/C22H17FN4O6S2/c1-34(29,30)19-4-2-3-15(13-19)21-25-26-22(33-21)24-20(28)14-5-9-17(10-6-14)27-35(31,32)18-11-7-16(23)8-12-18/h2-13,27H,1H3,(H,24,26,28). The summed E-state index contributed by atoms with van der Waals surface area (Å²) in [4.78, 5) is 12.5. The van der Waals surface area contributed by atoms with Crippen molar-refractivity contribution in [2.75, 3.05) is 16.3 Å². The molecule has 4 aromatic rings. The van der Waals surface area contributed by atoms with E-state index in [1.807, 2.05) is 0 Å². The third-order valence-corrected chi connectivity index (χ3v) is 7.19. The lowest BCUT2D eigenvalue weighted by Gasteiger charge is -2.08. The second-order valence-corrected chi connectivity index (χ2v) is 11.0. The van der Waals surface area contributed by atoms with Crippen molar-refractivity contribution in [3.63, 3.8) is 0 Å². The van der Waals surface area contributed by atoms with Crippen molar-refractivity contribution >= 4 is 37.5 Å². The zero-order chi connectivity index (χ0) is 25.2. The first-order valence-corrected chi connectivity index (χ1v) is 13.2. The summed E-state index contributed by atoms with van der Waals surface area (Å²) in [5.41, 5.74) is 0.726. The Morgan fingerprint density at radius 3 is 2.23 bits per heavy atom. The summed E-state index contributed by atoms with van der Waals surface area (Å²) in [5.74, 6) is -1.15. The van der Waals surface area contributed by atoms with Gasteiger partial charge in [-0.2, -0.15) is 0 Å². The molecule has 0 aliphatic heterocycles. The first kappa shape index (κ1) is 24.0. The molecule has 35 heavy (non-hydrogen) atoms. The minimum absolute atomic E-state index is 0.0105. The lowest BCUT2D eigenvalue weighted by atomic mass is 10.2. The van der Waals surface area contributed by atoms with E-state index in [2.05, 4.69) is 20.2 Å². The van der Waals surface area contributed by atoms with Gasteiger partial charge in [-0.3, -0.25) is 14.8 Å². The number of carbonyl (C=O) groups is 1. The van der Waals surface area contributed by atoms with E-state index in [0.29, 0.717) is 5.56 Å². The summed E-state index contributed by atoms with van der Waals surface area (Å²) < 4.78 is 69.0. The van der Waals surface area contributed by atoms with Gasteiger partial charge in [-0.05, 0) is 66.7 Å². The zero-order valence-electron chi connectivity index (χ0n) is 18.0. The molecule has 1 aromatic heterocycles. The van der Waals surface area contributed by atoms with Gasteiger partial charge in [0.05, 0.1) is 9.79 Å². The molecule has 1 heterocycles. The molecule has 10 nitrogen and oxygen atoms in total. The number of aromatic nitrogens is 2. The fraction of sp³-hybridized carbons (Fsp3) is 0.0455. The van der Waals surface area contributed by atoms with Crippen molar-refractivity contribution in [2.45, 2.75) is 9.79 Å². The summed E-state index contributed by atoms with van der Waals surface area (Å²) in [7, 11) is -7.37. The van der Waals surface area contributed by atoms with E-state index in [0.717, 1.165) is 30.5 Å². The molecule has 0 unspecified atom stereocenters. The van der Waals surface area contributed by atoms with Crippen LogP contribution in [0.3, 0.4) is 0 Å². The molecule has 0 spiro atoms. The number of sulfone groups is 1. The summed E-state index contributed by atoms with van der Waals surface area (Å²) in [6.45, 7) is 0. The highest BCUT2D eigenvalue weighted by Crippen LogP contribution is 2.23. The Hall–Kier alpha value is -4.10. The number of hydrogen-bond acceptors (Lipinski definition) is 8. The number of carbonyl (C=O) groups excluding carboxylic acids is 1. The fourth-order valence-corrected chi connectivity index (χ4v) is 4.66. The normalized spacial score (nSPS) is 11.7. The van der Waals surface area contributed by atoms with Crippen LogP contribution in [0.2, 0.25) is 0 Å². The molecule has 0 atom stereocenters. The van der Waals surface area contributed by atoms with Gasteiger partial charge in [-0.25, -0.2) is 21.2 Å². The lowest BCUT2D eigenvalue weighted by Crippen LogP contribution is -2.14. The minimum atomic E-state index is -3.94. The number of nitrogens with zero attached hydrogens (tertiary/aromatic N) is 2. The van der Waals surface area contributed by atoms with Crippen molar-refractivity contribution in [1.29, 1.82) is 0 Å². The lowest BCUT2D eigenvalue weighted by molar-refractivity contribution is 0.102. The van der Waals surface area contributed by atoms with E-state index in [-0.39, 0.29) is 32.9 Å². The van der Waals surface area contributed by atoms with Crippen LogP contribution in [0.1, 0.15) is 10.4 Å². The van der Waals surface area contributed by atoms with Gasteiger partial charge >= 0.3 is 6.01 Å². The van der Waals surface area contributed by atoms with Gasteiger partial charge in [-0.15, -0.1) is 5.10 Å². The average molecular weight is 517 g/mol. The molecule has 2 N–H and O–H groups in total. The van der Waals surface area contributed by atoms with Crippen LogP contribution in [0.15, 0.2) is 87.0 Å². The largest absolute Gasteiger partial charge is 0.403 e. The molecule has 0 bridgehead atoms. The number of nitrogens with one attached hydrogen (secondary N) is 2. The molecule has 0 fully saturated rings. The zero-order valence-corrected chi connectivity index (χ0v) is 19.6. The van der Waals surface area contributed by atoms with E-state index in [1.165, 1.54) is 42.5 Å². The van der Waals surface area contributed by atoms with Crippen LogP contribution in [0.4, 0.5) is 16.1 Å². The molecule has 0 aliphatic carbocycles. The Labute approximate surface area is 199 Å². The number of hydrogen-bond donors (Lipinski definition) is 2. The summed E-state index contributed by atoms with van der Waals surface area (Å²) >= 11 is 0. The molecule has 13 heteroatoms. The molecule has 0 saturated carbocycles. The molecule has 0 aliphatic rings. The maximum atomic E-state index is 13.0. The predicted molar refractivity (Wildman–Crippen MR) is 124 cm³/mol. The predicted octanol–water partition coefficient (Wildman–Crippen LogP) is 3.33. The van der Waals surface area contributed by atoms with Crippen molar-refractivity contribution in [3.8, 4) is 11.5 Å². The van der Waals surface area contributed by atoms with Gasteiger partial charge in [0.1, 0.15) is 5.82 Å². The molecular weight excluding hydrogens is 499 g/mol. The summed E-state index contributed by atoms with van der Waals surface area (Å²) in [6, 6.07) is 15.6. The van der Waals surface area contributed by atoms with Gasteiger partial charge in [0.2, 0.25) is 5.89 Å². The van der Waals surface area contributed by atoms with Gasteiger partial charge in [0.25, 0.3) is 15.9 Å². The SMILES string of the molecule is CS(=O)(=O)c1cccc(-c2nnc(NC(=O)c3ccc(NS(=O)(=O)c4ccc(F)cc4)cc3)o2)c1. The number of amides is 1. The van der Waals surface area contributed by atoms with Crippen LogP contribution in [0.5, 0.6) is 0 Å². The van der Waals surface area contributed by atoms with Crippen molar-refractivity contribution in [1.82, 2.24) is 10.2 Å². The van der Waals surface area contributed by atoms with E-state index in [9.17, 15) is 26.0 Å². The monoisotopic (exact) mass is 516 g/mol. The van der Waals surface area contributed by atoms with E-state index >= 15 is 0 Å². The number of benzene rings is 3. The molecule has 180 valence electrons. The van der Waals surface area contributed by atoms with Crippen molar-refractivity contribution < 1.29 is 30.4 Å². The molecule has 0 radical (unpaired) electrons. The Morgan fingerprint density at radius 1 is 0.886 bits per heavy atom. The van der Waals surface area contributed by atoms with Crippen LogP contribution in [0.25, 0.3) is 11.5 Å². The first-order chi connectivity index (χ1) is 16.5. The quantitative estimate of drug-likeness (QED) is 0.380. The second kappa shape index (κ2) is 9.27. The van der Waals surface area contributed by atoms with Gasteiger partial charge < -0.3 is 4.42 Å². The third kappa shape index (κ3) is 5.70. The highest BCUT2D eigenvalue weighted by molar-refractivity contribution is 7.92. The summed E-state index contributed by atoms with van der Waals surface area (Å²) in [5, 5.41) is 9.98. The topological polar surface area (TPSA) is 148 Å². The molecule has 1 amide bonds.